The summed E-state index contributed by atoms with van der Waals surface area (Å²) in [4.78, 5) is 0. The molecule has 0 radical (unpaired) electrons. The number of fused-ring (bicyclic) bond motifs is 1. The molecule has 2 N–H and O–H groups in total. The van der Waals surface area contributed by atoms with Gasteiger partial charge in [-0.25, -0.2) is 4.68 Å². The van der Waals surface area contributed by atoms with Gasteiger partial charge in [0, 0.05) is 0 Å². The van der Waals surface area contributed by atoms with Crippen LogP contribution in [0.2, 0.25) is 0 Å². The Kier molecular flexibility index (Phi) is 1.95. The van der Waals surface area contributed by atoms with Crippen LogP contribution in [0, 0.1) is 0 Å². The van der Waals surface area contributed by atoms with E-state index in [0.29, 0.717) is 12.6 Å². The second-order valence-electron chi connectivity index (χ2n) is 4.13. The number of nitrogens with two attached hydrogens (primary N) is 1. The molecule has 1 aliphatic rings. The zero-order chi connectivity index (χ0) is 10.3. The Hall–Kier alpha value is -1.42. The Balaban J connectivity index is 2.09. The van der Waals surface area contributed by atoms with Crippen LogP contribution in [0.4, 0.5) is 0 Å². The van der Waals surface area contributed by atoms with Crippen molar-refractivity contribution in [2.24, 2.45) is 5.73 Å². The fourth-order valence-corrected chi connectivity index (χ4v) is 1.89. The van der Waals surface area contributed by atoms with Crippen LogP contribution in [-0.4, -0.2) is 21.5 Å². The Bertz CT molecular complexity index is 484. The van der Waals surface area contributed by atoms with Crippen molar-refractivity contribution < 1.29 is 0 Å². The Morgan fingerprint density at radius 2 is 2.27 bits per heavy atom. The maximum Gasteiger partial charge on any atom is 0.113 e. The molecule has 0 atom stereocenters. The summed E-state index contributed by atoms with van der Waals surface area (Å²) in [5, 5.41) is 8.36. The zero-order valence-electron chi connectivity index (χ0n) is 8.56. The molecule has 0 saturated heterocycles. The second-order valence-corrected chi connectivity index (χ2v) is 4.13. The lowest BCUT2D eigenvalue weighted by Gasteiger charge is -2.01. The van der Waals surface area contributed by atoms with Crippen molar-refractivity contribution in [3.63, 3.8) is 0 Å². The number of hydrogen-bond donors (Lipinski definition) is 1. The lowest BCUT2D eigenvalue weighted by atomic mass is 10.1. The molecule has 0 bridgehead atoms. The van der Waals surface area contributed by atoms with Crippen molar-refractivity contribution in [1.82, 2.24) is 15.0 Å². The molecule has 4 heteroatoms. The molecule has 0 spiro atoms. The summed E-state index contributed by atoms with van der Waals surface area (Å²) < 4.78 is 2.05. The number of benzene rings is 1. The monoisotopic (exact) mass is 202 g/mol. The largest absolute Gasteiger partial charge is 0.330 e. The first-order valence-electron chi connectivity index (χ1n) is 5.42. The highest BCUT2D eigenvalue weighted by Crippen LogP contribution is 2.36. The van der Waals surface area contributed by atoms with Gasteiger partial charge in [-0.3, -0.25) is 0 Å². The van der Waals surface area contributed by atoms with E-state index >= 15 is 0 Å². The van der Waals surface area contributed by atoms with Crippen LogP contribution in [0.5, 0.6) is 0 Å². The highest BCUT2D eigenvalue weighted by atomic mass is 15.4. The Morgan fingerprint density at radius 3 is 3.00 bits per heavy atom. The third kappa shape index (κ3) is 1.51. The predicted molar refractivity (Wildman–Crippen MR) is 58.6 cm³/mol. The van der Waals surface area contributed by atoms with E-state index in [1.807, 2.05) is 6.07 Å². The van der Waals surface area contributed by atoms with Crippen LogP contribution in [-0.2, 0) is 6.42 Å². The molecular formula is C11H14N4. The van der Waals surface area contributed by atoms with Gasteiger partial charge in [0.15, 0.2) is 0 Å². The van der Waals surface area contributed by atoms with Gasteiger partial charge >= 0.3 is 0 Å². The molecule has 78 valence electrons. The minimum atomic E-state index is 0.586. The van der Waals surface area contributed by atoms with Crippen LogP contribution in [0.3, 0.4) is 0 Å². The van der Waals surface area contributed by atoms with Crippen molar-refractivity contribution >= 4 is 11.0 Å². The van der Waals surface area contributed by atoms with Crippen molar-refractivity contribution in [3.8, 4) is 0 Å². The number of hydrogen-bond acceptors (Lipinski definition) is 3. The highest BCUT2D eigenvalue weighted by molar-refractivity contribution is 5.75. The second kappa shape index (κ2) is 3.31. The smallest absolute Gasteiger partial charge is 0.113 e. The van der Waals surface area contributed by atoms with Gasteiger partial charge in [0.25, 0.3) is 0 Å². The van der Waals surface area contributed by atoms with Crippen molar-refractivity contribution in [2.45, 2.75) is 25.3 Å². The normalized spacial score (nSPS) is 16.1. The molecule has 0 amide bonds. The third-order valence-corrected chi connectivity index (χ3v) is 2.86. The first-order chi connectivity index (χ1) is 7.38. The van der Waals surface area contributed by atoms with Crippen molar-refractivity contribution in [2.75, 3.05) is 6.54 Å². The highest BCUT2D eigenvalue weighted by Gasteiger charge is 2.26. The lowest BCUT2D eigenvalue weighted by molar-refractivity contribution is 0.630. The maximum absolute atomic E-state index is 5.55. The van der Waals surface area contributed by atoms with Crippen LogP contribution in [0.25, 0.3) is 11.0 Å². The van der Waals surface area contributed by atoms with Gasteiger partial charge in [0.1, 0.15) is 5.52 Å². The molecule has 1 fully saturated rings. The quantitative estimate of drug-likeness (QED) is 0.815. The molecule has 4 nitrogen and oxygen atoms in total. The molecule has 1 heterocycles. The summed E-state index contributed by atoms with van der Waals surface area (Å²) in [6.45, 7) is 0.691. The Labute approximate surface area is 88.1 Å². The van der Waals surface area contributed by atoms with E-state index in [1.165, 1.54) is 18.4 Å². The van der Waals surface area contributed by atoms with Crippen LogP contribution < -0.4 is 5.73 Å². The van der Waals surface area contributed by atoms with Crippen LogP contribution in [0.1, 0.15) is 24.4 Å². The number of aromatic nitrogens is 3. The minimum Gasteiger partial charge on any atom is -0.330 e. The molecule has 1 saturated carbocycles. The third-order valence-electron chi connectivity index (χ3n) is 2.86. The molecule has 1 aromatic heterocycles. The summed E-state index contributed by atoms with van der Waals surface area (Å²) in [6.07, 6.45) is 3.39. The average molecular weight is 202 g/mol. The topological polar surface area (TPSA) is 56.7 Å². The van der Waals surface area contributed by atoms with Gasteiger partial charge in [-0.2, -0.15) is 0 Å². The molecule has 15 heavy (non-hydrogen) atoms. The molecule has 0 unspecified atom stereocenters. The SMILES string of the molecule is NCCc1ccc2nnn(C3CC3)c2c1. The minimum absolute atomic E-state index is 0.586. The number of rotatable bonds is 3. The van der Waals surface area contributed by atoms with E-state index in [0.717, 1.165) is 17.5 Å². The summed E-state index contributed by atoms with van der Waals surface area (Å²) in [5.74, 6) is 0. The molecule has 1 aromatic carbocycles. The van der Waals surface area contributed by atoms with Gasteiger partial charge in [-0.15, -0.1) is 5.10 Å². The van der Waals surface area contributed by atoms with Crippen molar-refractivity contribution in [3.05, 3.63) is 23.8 Å². The van der Waals surface area contributed by atoms with E-state index in [4.69, 9.17) is 5.73 Å². The van der Waals surface area contributed by atoms with E-state index in [9.17, 15) is 0 Å². The van der Waals surface area contributed by atoms with Crippen molar-refractivity contribution in [1.29, 1.82) is 0 Å². The number of nitrogens with zero attached hydrogens (tertiary/aromatic N) is 3. The standard InChI is InChI=1S/C11H14N4/c12-6-5-8-1-4-10-11(7-8)15(14-13-10)9-2-3-9/h1,4,7,9H,2-3,5-6,12H2. The van der Waals surface area contributed by atoms with Gasteiger partial charge in [0.05, 0.1) is 11.6 Å². The summed E-state index contributed by atoms with van der Waals surface area (Å²) in [6, 6.07) is 6.87. The molecule has 3 rings (SSSR count). The fourth-order valence-electron chi connectivity index (χ4n) is 1.89. The average Bonchev–Trinajstić information content (AvgIpc) is 3.00. The van der Waals surface area contributed by atoms with Gasteiger partial charge in [-0.05, 0) is 43.5 Å². The zero-order valence-corrected chi connectivity index (χ0v) is 8.56. The van der Waals surface area contributed by atoms with Gasteiger partial charge < -0.3 is 5.73 Å². The molecular weight excluding hydrogens is 188 g/mol. The summed E-state index contributed by atoms with van der Waals surface area (Å²) >= 11 is 0. The molecule has 2 aromatic rings. The molecule has 1 aliphatic carbocycles. The van der Waals surface area contributed by atoms with E-state index in [2.05, 4.69) is 27.1 Å². The fraction of sp³-hybridized carbons (Fsp3) is 0.455. The van der Waals surface area contributed by atoms with E-state index in [1.54, 1.807) is 0 Å². The first-order valence-corrected chi connectivity index (χ1v) is 5.42. The summed E-state index contributed by atoms with van der Waals surface area (Å²) in [7, 11) is 0. The predicted octanol–water partition coefficient (Wildman–Crippen LogP) is 1.27. The van der Waals surface area contributed by atoms with E-state index in [-0.39, 0.29) is 0 Å². The van der Waals surface area contributed by atoms with Crippen LogP contribution in [0.15, 0.2) is 18.2 Å². The van der Waals surface area contributed by atoms with Gasteiger partial charge in [-0.1, -0.05) is 11.3 Å². The maximum atomic E-state index is 5.55. The first kappa shape index (κ1) is 8.85. The molecule has 0 aliphatic heterocycles. The lowest BCUT2D eigenvalue weighted by Crippen LogP contribution is -2.03. The van der Waals surface area contributed by atoms with Gasteiger partial charge in [0.2, 0.25) is 0 Å². The van der Waals surface area contributed by atoms with E-state index < -0.39 is 0 Å². The van der Waals surface area contributed by atoms with Crippen LogP contribution >= 0.6 is 0 Å². The Morgan fingerprint density at radius 1 is 1.40 bits per heavy atom. The summed E-state index contributed by atoms with van der Waals surface area (Å²) in [5.41, 5.74) is 8.97.